The number of rotatable bonds is 4. The molecule has 1 N–H and O–H groups in total. The lowest BCUT2D eigenvalue weighted by molar-refractivity contribution is 0.0539. The fraction of sp³-hybridized carbons (Fsp3) is 0.571. The summed E-state index contributed by atoms with van der Waals surface area (Å²) in [6.45, 7) is 5.84. The molecule has 3 heteroatoms. The SMILES string of the molecule is CC(C)(C)C(O)CCCc1c(F)cccc1F. The van der Waals surface area contributed by atoms with Crippen molar-refractivity contribution in [3.63, 3.8) is 0 Å². The maximum Gasteiger partial charge on any atom is 0.129 e. The normalized spacial score (nSPS) is 13.8. The Hall–Kier alpha value is -0.960. The summed E-state index contributed by atoms with van der Waals surface area (Å²) >= 11 is 0. The van der Waals surface area contributed by atoms with Gasteiger partial charge in [0, 0.05) is 5.56 Å². The van der Waals surface area contributed by atoms with E-state index in [1.165, 1.54) is 18.2 Å². The minimum absolute atomic E-state index is 0.119. The smallest absolute Gasteiger partial charge is 0.129 e. The van der Waals surface area contributed by atoms with E-state index < -0.39 is 17.7 Å². The van der Waals surface area contributed by atoms with Crippen molar-refractivity contribution in [2.75, 3.05) is 0 Å². The standard InChI is InChI=1S/C14H20F2O/c1-14(2,3)13(17)9-4-6-10-11(15)7-5-8-12(10)16/h5,7-8,13,17H,4,6,9H2,1-3H3. The molecule has 0 saturated carbocycles. The van der Waals surface area contributed by atoms with E-state index in [1.54, 1.807) is 0 Å². The van der Waals surface area contributed by atoms with Crippen LogP contribution >= 0.6 is 0 Å². The van der Waals surface area contributed by atoms with Gasteiger partial charge in [0.2, 0.25) is 0 Å². The molecule has 1 aromatic carbocycles. The highest BCUT2D eigenvalue weighted by molar-refractivity contribution is 5.19. The molecule has 0 spiro atoms. The molecule has 0 aromatic heterocycles. The maximum atomic E-state index is 13.3. The molecule has 1 aromatic rings. The fourth-order valence-corrected chi connectivity index (χ4v) is 1.68. The zero-order chi connectivity index (χ0) is 13.1. The van der Waals surface area contributed by atoms with Crippen molar-refractivity contribution < 1.29 is 13.9 Å². The summed E-state index contributed by atoms with van der Waals surface area (Å²) in [5.41, 5.74) is -0.0676. The molecule has 1 atom stereocenters. The van der Waals surface area contributed by atoms with Gasteiger partial charge in [-0.1, -0.05) is 26.8 Å². The largest absolute Gasteiger partial charge is 0.393 e. The van der Waals surface area contributed by atoms with Crippen LogP contribution in [-0.4, -0.2) is 11.2 Å². The van der Waals surface area contributed by atoms with Crippen LogP contribution in [0.2, 0.25) is 0 Å². The second-order valence-electron chi connectivity index (χ2n) is 5.47. The second kappa shape index (κ2) is 5.58. The average molecular weight is 242 g/mol. The van der Waals surface area contributed by atoms with Gasteiger partial charge in [-0.25, -0.2) is 8.78 Å². The average Bonchev–Trinajstić information content (AvgIpc) is 2.20. The lowest BCUT2D eigenvalue weighted by Gasteiger charge is -2.25. The Morgan fingerprint density at radius 3 is 2.18 bits per heavy atom. The number of halogens is 2. The first-order valence-electron chi connectivity index (χ1n) is 5.93. The van der Waals surface area contributed by atoms with Gasteiger partial charge in [-0.15, -0.1) is 0 Å². The zero-order valence-electron chi connectivity index (χ0n) is 10.6. The van der Waals surface area contributed by atoms with Crippen LogP contribution in [0.25, 0.3) is 0 Å². The molecule has 0 aliphatic rings. The Kier molecular flexibility index (Phi) is 4.63. The third kappa shape index (κ3) is 4.08. The summed E-state index contributed by atoms with van der Waals surface area (Å²) in [4.78, 5) is 0. The summed E-state index contributed by atoms with van der Waals surface area (Å²) in [6.07, 6.45) is 1.01. The van der Waals surface area contributed by atoms with Crippen molar-refractivity contribution in [3.05, 3.63) is 35.4 Å². The Labute approximate surface area is 101 Å². The van der Waals surface area contributed by atoms with E-state index in [2.05, 4.69) is 0 Å². The van der Waals surface area contributed by atoms with Gasteiger partial charge in [0.25, 0.3) is 0 Å². The summed E-state index contributed by atoms with van der Waals surface area (Å²) in [6, 6.07) is 3.88. The Bertz CT molecular complexity index is 349. The first-order chi connectivity index (χ1) is 7.82. The van der Waals surface area contributed by atoms with Crippen LogP contribution in [-0.2, 0) is 6.42 Å². The van der Waals surface area contributed by atoms with Crippen LogP contribution in [0.3, 0.4) is 0 Å². The van der Waals surface area contributed by atoms with Crippen LogP contribution in [0.1, 0.15) is 39.2 Å². The van der Waals surface area contributed by atoms with Crippen LogP contribution in [0.5, 0.6) is 0 Å². The third-order valence-corrected chi connectivity index (χ3v) is 2.97. The van der Waals surface area contributed by atoms with Crippen molar-refractivity contribution in [1.82, 2.24) is 0 Å². The predicted octanol–water partition coefficient (Wildman–Crippen LogP) is 3.69. The van der Waals surface area contributed by atoms with Crippen LogP contribution < -0.4 is 0 Å². The van der Waals surface area contributed by atoms with E-state index in [0.29, 0.717) is 19.3 Å². The zero-order valence-corrected chi connectivity index (χ0v) is 10.6. The Balaban J connectivity index is 2.52. The minimum Gasteiger partial charge on any atom is -0.393 e. The van der Waals surface area contributed by atoms with Crippen molar-refractivity contribution in [2.45, 2.75) is 46.1 Å². The number of benzene rings is 1. The molecule has 0 fully saturated rings. The quantitative estimate of drug-likeness (QED) is 0.853. The molecule has 0 radical (unpaired) electrons. The first kappa shape index (κ1) is 14.1. The molecule has 0 amide bonds. The lowest BCUT2D eigenvalue weighted by Crippen LogP contribution is -2.25. The highest BCUT2D eigenvalue weighted by Gasteiger charge is 2.21. The molecule has 0 heterocycles. The lowest BCUT2D eigenvalue weighted by atomic mass is 9.86. The molecule has 0 aliphatic carbocycles. The molecule has 96 valence electrons. The highest BCUT2D eigenvalue weighted by Crippen LogP contribution is 2.24. The van der Waals surface area contributed by atoms with Crippen molar-refractivity contribution in [2.24, 2.45) is 5.41 Å². The number of hydrogen-bond acceptors (Lipinski definition) is 1. The second-order valence-corrected chi connectivity index (χ2v) is 5.47. The van der Waals surface area contributed by atoms with Crippen LogP contribution in [0, 0.1) is 17.0 Å². The Morgan fingerprint density at radius 1 is 1.18 bits per heavy atom. The van der Waals surface area contributed by atoms with Gasteiger partial charge in [-0.2, -0.15) is 0 Å². The van der Waals surface area contributed by atoms with Gasteiger partial charge in [-0.3, -0.25) is 0 Å². The molecule has 1 unspecified atom stereocenters. The molecule has 17 heavy (non-hydrogen) atoms. The molecular formula is C14H20F2O. The number of aliphatic hydroxyl groups is 1. The van der Waals surface area contributed by atoms with Crippen molar-refractivity contribution >= 4 is 0 Å². The monoisotopic (exact) mass is 242 g/mol. The van der Waals surface area contributed by atoms with Crippen molar-refractivity contribution in [1.29, 1.82) is 0 Å². The maximum absolute atomic E-state index is 13.3. The van der Waals surface area contributed by atoms with E-state index in [-0.39, 0.29) is 11.0 Å². The highest BCUT2D eigenvalue weighted by atomic mass is 19.1. The molecule has 0 saturated heterocycles. The topological polar surface area (TPSA) is 20.2 Å². The fourth-order valence-electron chi connectivity index (χ4n) is 1.68. The van der Waals surface area contributed by atoms with E-state index in [4.69, 9.17) is 0 Å². The molecule has 0 bridgehead atoms. The summed E-state index contributed by atoms with van der Waals surface area (Å²) < 4.78 is 26.6. The summed E-state index contributed by atoms with van der Waals surface area (Å²) in [7, 11) is 0. The van der Waals surface area contributed by atoms with E-state index >= 15 is 0 Å². The van der Waals surface area contributed by atoms with Crippen LogP contribution in [0.15, 0.2) is 18.2 Å². The van der Waals surface area contributed by atoms with E-state index in [9.17, 15) is 13.9 Å². The van der Waals surface area contributed by atoms with Gasteiger partial charge in [0.1, 0.15) is 11.6 Å². The molecule has 1 rings (SSSR count). The molecule has 0 aliphatic heterocycles. The summed E-state index contributed by atoms with van der Waals surface area (Å²) in [5.74, 6) is -1.01. The van der Waals surface area contributed by atoms with Crippen LogP contribution in [0.4, 0.5) is 8.78 Å². The van der Waals surface area contributed by atoms with Gasteiger partial charge in [0.05, 0.1) is 6.10 Å². The molecule has 1 nitrogen and oxygen atoms in total. The number of aliphatic hydroxyl groups excluding tert-OH is 1. The minimum atomic E-state index is -0.504. The van der Waals surface area contributed by atoms with Gasteiger partial charge >= 0.3 is 0 Å². The summed E-state index contributed by atoms with van der Waals surface area (Å²) in [5, 5.41) is 9.81. The van der Waals surface area contributed by atoms with Gasteiger partial charge < -0.3 is 5.11 Å². The van der Waals surface area contributed by atoms with Crippen molar-refractivity contribution in [3.8, 4) is 0 Å². The molecular weight excluding hydrogens is 222 g/mol. The number of hydrogen-bond donors (Lipinski definition) is 1. The van der Waals surface area contributed by atoms with E-state index in [0.717, 1.165) is 0 Å². The van der Waals surface area contributed by atoms with Gasteiger partial charge in [-0.05, 0) is 36.8 Å². The predicted molar refractivity (Wildman–Crippen MR) is 64.8 cm³/mol. The third-order valence-electron chi connectivity index (χ3n) is 2.97. The van der Waals surface area contributed by atoms with Gasteiger partial charge in [0.15, 0.2) is 0 Å². The first-order valence-corrected chi connectivity index (χ1v) is 5.93. The van der Waals surface area contributed by atoms with E-state index in [1.807, 2.05) is 20.8 Å². The Morgan fingerprint density at radius 2 is 1.71 bits per heavy atom.